The number of nitrogens with zero attached hydrogens (tertiary/aromatic N) is 1. The predicted molar refractivity (Wildman–Crippen MR) is 41.0 cm³/mol. The van der Waals surface area contributed by atoms with Crippen LogP contribution in [-0.4, -0.2) is 44.2 Å². The summed E-state index contributed by atoms with van der Waals surface area (Å²) in [6, 6.07) is -0.0625. The first-order chi connectivity index (χ1) is 5.15. The van der Waals surface area contributed by atoms with Crippen LogP contribution >= 0.6 is 0 Å². The van der Waals surface area contributed by atoms with Crippen LogP contribution in [0.5, 0.6) is 0 Å². The van der Waals surface area contributed by atoms with Gasteiger partial charge in [-0.2, -0.15) is 0 Å². The lowest BCUT2D eigenvalue weighted by molar-refractivity contribution is -0.145. The zero-order valence-corrected chi connectivity index (χ0v) is 6.91. The van der Waals surface area contributed by atoms with Crippen molar-refractivity contribution in [2.75, 3.05) is 27.2 Å². The summed E-state index contributed by atoms with van der Waals surface area (Å²) in [5.41, 5.74) is 5.70. The van der Waals surface area contributed by atoms with E-state index in [2.05, 4.69) is 4.74 Å². The smallest absolute Gasteiger partial charge is 0.311 e. The molecule has 1 saturated heterocycles. The van der Waals surface area contributed by atoms with Gasteiger partial charge in [0.25, 0.3) is 0 Å². The molecule has 1 heterocycles. The maximum Gasteiger partial charge on any atom is 0.311 e. The molecule has 1 unspecified atom stereocenters. The van der Waals surface area contributed by atoms with Crippen LogP contribution in [0, 0.1) is 5.92 Å². The molecule has 0 radical (unpaired) electrons. The van der Waals surface area contributed by atoms with E-state index in [9.17, 15) is 4.79 Å². The van der Waals surface area contributed by atoms with Crippen molar-refractivity contribution in [1.82, 2.24) is 4.90 Å². The highest BCUT2D eigenvalue weighted by atomic mass is 16.5. The highest BCUT2D eigenvalue weighted by Gasteiger charge is 2.34. The summed E-state index contributed by atoms with van der Waals surface area (Å²) >= 11 is 0. The van der Waals surface area contributed by atoms with Crippen molar-refractivity contribution >= 4 is 5.97 Å². The van der Waals surface area contributed by atoms with Gasteiger partial charge in [0.1, 0.15) is 0 Å². The third-order valence-electron chi connectivity index (χ3n) is 2.05. The van der Waals surface area contributed by atoms with Gasteiger partial charge in [0.2, 0.25) is 0 Å². The van der Waals surface area contributed by atoms with Gasteiger partial charge in [0, 0.05) is 19.1 Å². The largest absolute Gasteiger partial charge is 0.469 e. The van der Waals surface area contributed by atoms with Gasteiger partial charge < -0.3 is 15.4 Å². The predicted octanol–water partition coefficient (Wildman–Crippen LogP) is -0.952. The molecule has 0 bridgehead atoms. The average molecular weight is 158 g/mol. The molecule has 2 atom stereocenters. The van der Waals surface area contributed by atoms with Gasteiger partial charge in [-0.15, -0.1) is 0 Å². The third-order valence-corrected chi connectivity index (χ3v) is 2.05. The van der Waals surface area contributed by atoms with Crippen LogP contribution in [0.4, 0.5) is 0 Å². The molecule has 2 N–H and O–H groups in total. The second-order valence-corrected chi connectivity index (χ2v) is 3.01. The lowest BCUT2D eigenvalue weighted by Gasteiger charge is -2.10. The van der Waals surface area contributed by atoms with Crippen LogP contribution in [0.1, 0.15) is 0 Å². The summed E-state index contributed by atoms with van der Waals surface area (Å²) < 4.78 is 4.61. The van der Waals surface area contributed by atoms with Crippen molar-refractivity contribution in [2.24, 2.45) is 11.7 Å². The highest BCUT2D eigenvalue weighted by Crippen LogP contribution is 2.14. The molecule has 4 nitrogen and oxygen atoms in total. The van der Waals surface area contributed by atoms with Crippen molar-refractivity contribution < 1.29 is 9.53 Å². The number of carbonyl (C=O) groups is 1. The second-order valence-electron chi connectivity index (χ2n) is 3.01. The van der Waals surface area contributed by atoms with Gasteiger partial charge in [-0.1, -0.05) is 0 Å². The van der Waals surface area contributed by atoms with Crippen molar-refractivity contribution in [3.8, 4) is 0 Å². The van der Waals surface area contributed by atoms with Crippen molar-refractivity contribution in [2.45, 2.75) is 6.04 Å². The first kappa shape index (κ1) is 8.49. The molecular weight excluding hydrogens is 144 g/mol. The van der Waals surface area contributed by atoms with Crippen molar-refractivity contribution in [1.29, 1.82) is 0 Å². The SMILES string of the molecule is COC(=O)[C@H]1CN(C)CC1N. The monoisotopic (exact) mass is 158 g/mol. The van der Waals surface area contributed by atoms with Gasteiger partial charge in [0.15, 0.2) is 0 Å². The Kier molecular flexibility index (Phi) is 2.46. The fourth-order valence-electron chi connectivity index (χ4n) is 1.43. The minimum absolute atomic E-state index is 0.0625. The molecule has 0 saturated carbocycles. The molecular formula is C7H14N2O2. The Labute approximate surface area is 66.3 Å². The lowest BCUT2D eigenvalue weighted by atomic mass is 10.1. The maximum absolute atomic E-state index is 11.0. The van der Waals surface area contributed by atoms with E-state index < -0.39 is 0 Å². The molecule has 0 aromatic rings. The molecule has 11 heavy (non-hydrogen) atoms. The third kappa shape index (κ3) is 1.70. The number of methoxy groups -OCH3 is 1. The summed E-state index contributed by atoms with van der Waals surface area (Å²) in [6.07, 6.45) is 0. The maximum atomic E-state index is 11.0. The minimum Gasteiger partial charge on any atom is -0.469 e. The number of rotatable bonds is 1. The standard InChI is InChI=1S/C7H14N2O2/c1-9-3-5(6(8)4-9)7(10)11-2/h5-6H,3-4,8H2,1-2H3/t5-,6?/m0/s1. The number of esters is 1. The van der Waals surface area contributed by atoms with E-state index in [-0.39, 0.29) is 17.9 Å². The molecule has 0 spiro atoms. The lowest BCUT2D eigenvalue weighted by Crippen LogP contribution is -2.34. The summed E-state index contributed by atoms with van der Waals surface area (Å²) in [5, 5.41) is 0. The summed E-state index contributed by atoms with van der Waals surface area (Å²) in [7, 11) is 3.34. The van der Waals surface area contributed by atoms with Gasteiger partial charge in [-0.25, -0.2) is 0 Å². The Morgan fingerprint density at radius 3 is 2.64 bits per heavy atom. The van der Waals surface area contributed by atoms with E-state index in [0.717, 1.165) is 6.54 Å². The molecule has 0 aromatic heterocycles. The molecule has 4 heteroatoms. The van der Waals surface area contributed by atoms with Gasteiger partial charge in [-0.3, -0.25) is 4.79 Å². The van der Waals surface area contributed by atoms with Gasteiger partial charge in [0.05, 0.1) is 13.0 Å². The number of hydrogen-bond acceptors (Lipinski definition) is 4. The first-order valence-corrected chi connectivity index (χ1v) is 3.67. The summed E-state index contributed by atoms with van der Waals surface area (Å²) in [4.78, 5) is 13.1. The van der Waals surface area contributed by atoms with E-state index in [1.54, 1.807) is 0 Å². The van der Waals surface area contributed by atoms with Gasteiger partial charge in [-0.05, 0) is 7.05 Å². The Morgan fingerprint density at radius 1 is 1.64 bits per heavy atom. The van der Waals surface area contributed by atoms with E-state index in [1.165, 1.54) is 7.11 Å². The topological polar surface area (TPSA) is 55.6 Å². The normalized spacial score (nSPS) is 32.3. The molecule has 1 fully saturated rings. The number of likely N-dealkylation sites (tertiary alicyclic amines) is 1. The van der Waals surface area contributed by atoms with Crippen LogP contribution in [-0.2, 0) is 9.53 Å². The molecule has 1 rings (SSSR count). The molecule has 0 aromatic carbocycles. The van der Waals surface area contributed by atoms with Crippen LogP contribution in [0.2, 0.25) is 0 Å². The second kappa shape index (κ2) is 3.19. The zero-order chi connectivity index (χ0) is 8.43. The Morgan fingerprint density at radius 2 is 2.27 bits per heavy atom. The fourth-order valence-corrected chi connectivity index (χ4v) is 1.43. The zero-order valence-electron chi connectivity index (χ0n) is 6.91. The quantitative estimate of drug-likeness (QED) is 0.500. The fraction of sp³-hybridized carbons (Fsp3) is 0.857. The summed E-state index contributed by atoms with van der Waals surface area (Å²) in [6.45, 7) is 1.49. The number of ether oxygens (including phenoxy) is 1. The number of hydrogen-bond donors (Lipinski definition) is 1. The Bertz CT molecular complexity index is 161. The van der Waals surface area contributed by atoms with Crippen molar-refractivity contribution in [3.63, 3.8) is 0 Å². The first-order valence-electron chi connectivity index (χ1n) is 3.67. The number of carbonyl (C=O) groups excluding carboxylic acids is 1. The minimum atomic E-state index is -0.193. The highest BCUT2D eigenvalue weighted by molar-refractivity contribution is 5.73. The Balaban J connectivity index is 2.52. The van der Waals surface area contributed by atoms with Gasteiger partial charge >= 0.3 is 5.97 Å². The van der Waals surface area contributed by atoms with Crippen LogP contribution in [0.15, 0.2) is 0 Å². The Hall–Kier alpha value is -0.610. The number of likely N-dealkylation sites (N-methyl/N-ethyl adjacent to an activating group) is 1. The van der Waals surface area contributed by atoms with Crippen LogP contribution in [0.25, 0.3) is 0 Å². The number of nitrogens with two attached hydrogens (primary N) is 1. The van der Waals surface area contributed by atoms with Crippen LogP contribution < -0.4 is 5.73 Å². The molecule has 1 aliphatic heterocycles. The molecule has 0 aliphatic carbocycles. The van der Waals surface area contributed by atoms with E-state index in [4.69, 9.17) is 5.73 Å². The molecule has 64 valence electrons. The summed E-state index contributed by atoms with van der Waals surface area (Å²) in [5.74, 6) is -0.327. The molecule has 0 amide bonds. The van der Waals surface area contributed by atoms with Crippen LogP contribution in [0.3, 0.4) is 0 Å². The van der Waals surface area contributed by atoms with E-state index in [0.29, 0.717) is 6.54 Å². The van der Waals surface area contributed by atoms with E-state index in [1.807, 2.05) is 11.9 Å². The van der Waals surface area contributed by atoms with Crippen molar-refractivity contribution in [3.05, 3.63) is 0 Å². The average Bonchev–Trinajstić information content (AvgIpc) is 2.28. The van der Waals surface area contributed by atoms with E-state index >= 15 is 0 Å². The molecule has 1 aliphatic rings.